The first-order chi connectivity index (χ1) is 13.1. The first-order valence-corrected chi connectivity index (χ1v) is 9.75. The molecule has 7 nitrogen and oxygen atoms in total. The van der Waals surface area contributed by atoms with Gasteiger partial charge in [-0.15, -0.1) is 29.9 Å². The van der Waals surface area contributed by atoms with Crippen molar-refractivity contribution in [2.75, 3.05) is 26.7 Å². The molecule has 0 radical (unpaired) electrons. The van der Waals surface area contributed by atoms with Crippen molar-refractivity contribution in [3.63, 3.8) is 0 Å². The molecule has 2 aromatic rings. The number of amides is 1. The Balaban J connectivity index is 0.00000210. The van der Waals surface area contributed by atoms with Gasteiger partial charge >= 0.3 is 0 Å². The summed E-state index contributed by atoms with van der Waals surface area (Å²) in [6.45, 7) is 8.43. The Morgan fingerprint density at radius 1 is 1.28 bits per heavy atom. The van der Waals surface area contributed by atoms with Gasteiger partial charge in [-0.1, -0.05) is 36.4 Å². The number of aromatic nitrogens is 3. The summed E-state index contributed by atoms with van der Waals surface area (Å²) < 4.78 is 1.91. The van der Waals surface area contributed by atoms with Crippen LogP contribution in [0, 0.1) is 6.92 Å². The largest absolute Gasteiger partial charge is 0.347 e. The van der Waals surface area contributed by atoms with Gasteiger partial charge in [-0.25, -0.2) is 4.68 Å². The number of hydrogen-bond donors (Lipinski definition) is 2. The van der Waals surface area contributed by atoms with Gasteiger partial charge in [0.15, 0.2) is 5.69 Å². The fourth-order valence-electron chi connectivity index (χ4n) is 3.48. The fraction of sp³-hybridized carbons (Fsp3) is 0.550. The molecular formula is C20H32Cl2N6O. The molecule has 3 rings (SSSR count). The molecule has 29 heavy (non-hydrogen) atoms. The van der Waals surface area contributed by atoms with Crippen molar-refractivity contribution in [1.82, 2.24) is 30.5 Å². The van der Waals surface area contributed by atoms with Crippen LogP contribution in [-0.4, -0.2) is 52.5 Å². The number of halogens is 2. The topological polar surface area (TPSA) is 75.1 Å². The van der Waals surface area contributed by atoms with Crippen LogP contribution in [0.3, 0.4) is 0 Å². The number of carbonyl (C=O) groups excluding carboxylic acids is 1. The minimum absolute atomic E-state index is 0. The van der Waals surface area contributed by atoms with Crippen molar-refractivity contribution in [3.05, 3.63) is 46.8 Å². The highest BCUT2D eigenvalue weighted by Gasteiger charge is 2.22. The predicted octanol–water partition coefficient (Wildman–Crippen LogP) is 2.74. The van der Waals surface area contributed by atoms with Crippen LogP contribution in [0.25, 0.3) is 0 Å². The first-order valence-electron chi connectivity index (χ1n) is 9.75. The molecular weight excluding hydrogens is 411 g/mol. The van der Waals surface area contributed by atoms with Gasteiger partial charge < -0.3 is 15.5 Å². The Hall–Kier alpha value is -1.67. The molecule has 2 heterocycles. The number of benzene rings is 1. The highest BCUT2D eigenvalue weighted by molar-refractivity contribution is 5.93. The summed E-state index contributed by atoms with van der Waals surface area (Å²) in [5.41, 5.74) is 3.61. The molecule has 1 aromatic carbocycles. The highest BCUT2D eigenvalue weighted by Crippen LogP contribution is 2.20. The van der Waals surface area contributed by atoms with E-state index in [1.54, 1.807) is 0 Å². The standard InChI is InChI=1S/C20H30N6O.2ClH/c1-4-25(3)14-17-7-5-6-16(12-17)13-22-20(27)19-15(2)26(24-23-19)18-8-10-21-11-9-18;;/h5-7,12,18,21H,4,8-11,13-14H2,1-3H3,(H,22,27);2*1H. The van der Waals surface area contributed by atoms with Gasteiger partial charge in [-0.3, -0.25) is 4.79 Å². The van der Waals surface area contributed by atoms with Gasteiger partial charge in [0, 0.05) is 13.1 Å². The monoisotopic (exact) mass is 442 g/mol. The average Bonchev–Trinajstić information content (AvgIpc) is 3.08. The van der Waals surface area contributed by atoms with Gasteiger partial charge in [0.25, 0.3) is 5.91 Å². The summed E-state index contributed by atoms with van der Waals surface area (Å²) in [4.78, 5) is 14.8. The quantitative estimate of drug-likeness (QED) is 0.689. The van der Waals surface area contributed by atoms with Gasteiger partial charge in [-0.05, 0) is 57.6 Å². The van der Waals surface area contributed by atoms with E-state index in [1.165, 1.54) is 5.56 Å². The van der Waals surface area contributed by atoms with E-state index in [0.29, 0.717) is 18.3 Å². The van der Waals surface area contributed by atoms with Crippen molar-refractivity contribution in [2.45, 2.75) is 45.8 Å². The summed E-state index contributed by atoms with van der Waals surface area (Å²) in [6, 6.07) is 8.66. The van der Waals surface area contributed by atoms with Crippen LogP contribution < -0.4 is 10.6 Å². The third-order valence-electron chi connectivity index (χ3n) is 5.23. The second-order valence-corrected chi connectivity index (χ2v) is 7.28. The number of nitrogens with one attached hydrogen (secondary N) is 2. The van der Waals surface area contributed by atoms with E-state index in [0.717, 1.165) is 50.3 Å². The summed E-state index contributed by atoms with van der Waals surface area (Å²) in [6.07, 6.45) is 2.04. The minimum atomic E-state index is -0.163. The Kier molecular flexibility index (Phi) is 10.6. The van der Waals surface area contributed by atoms with Crippen LogP contribution in [0.2, 0.25) is 0 Å². The van der Waals surface area contributed by atoms with E-state index in [2.05, 4.69) is 51.9 Å². The molecule has 0 aliphatic carbocycles. The molecule has 0 saturated carbocycles. The van der Waals surface area contributed by atoms with Crippen LogP contribution in [0.4, 0.5) is 0 Å². The molecule has 0 bridgehead atoms. The lowest BCUT2D eigenvalue weighted by molar-refractivity contribution is 0.0945. The number of piperidine rings is 1. The van der Waals surface area contributed by atoms with Gasteiger partial charge in [0.1, 0.15) is 0 Å². The number of nitrogens with zero attached hydrogens (tertiary/aromatic N) is 4. The Morgan fingerprint density at radius 3 is 2.66 bits per heavy atom. The molecule has 162 valence electrons. The summed E-state index contributed by atoms with van der Waals surface area (Å²) in [5, 5.41) is 14.7. The molecule has 1 aliphatic rings. The molecule has 1 amide bonds. The zero-order chi connectivity index (χ0) is 19.2. The molecule has 1 aliphatic heterocycles. The highest BCUT2D eigenvalue weighted by atomic mass is 35.5. The minimum Gasteiger partial charge on any atom is -0.347 e. The third kappa shape index (κ3) is 6.67. The Bertz CT molecular complexity index is 776. The second kappa shape index (κ2) is 12.1. The molecule has 0 unspecified atom stereocenters. The zero-order valence-corrected chi connectivity index (χ0v) is 19.0. The smallest absolute Gasteiger partial charge is 0.274 e. The molecule has 2 N–H and O–H groups in total. The maximum atomic E-state index is 12.6. The number of hydrogen-bond acceptors (Lipinski definition) is 5. The van der Waals surface area contributed by atoms with E-state index in [-0.39, 0.29) is 30.7 Å². The molecule has 1 saturated heterocycles. The second-order valence-electron chi connectivity index (χ2n) is 7.28. The predicted molar refractivity (Wildman–Crippen MR) is 120 cm³/mol. The van der Waals surface area contributed by atoms with Gasteiger partial charge in [0.2, 0.25) is 0 Å². The van der Waals surface area contributed by atoms with Gasteiger partial charge in [-0.2, -0.15) is 0 Å². The number of rotatable bonds is 7. The van der Waals surface area contributed by atoms with E-state index in [9.17, 15) is 4.79 Å². The summed E-state index contributed by atoms with van der Waals surface area (Å²) >= 11 is 0. The summed E-state index contributed by atoms with van der Waals surface area (Å²) in [5.74, 6) is -0.163. The van der Waals surface area contributed by atoms with E-state index in [1.807, 2.05) is 23.7 Å². The SMILES string of the molecule is CCN(C)Cc1cccc(CNC(=O)c2nnn(C3CCNCC3)c2C)c1.Cl.Cl. The Labute approximate surface area is 185 Å². The van der Waals surface area contributed by atoms with E-state index in [4.69, 9.17) is 0 Å². The van der Waals surface area contributed by atoms with Crippen LogP contribution in [0.5, 0.6) is 0 Å². The molecule has 1 aromatic heterocycles. The molecule has 0 atom stereocenters. The van der Waals surface area contributed by atoms with E-state index < -0.39 is 0 Å². The lowest BCUT2D eigenvalue weighted by Gasteiger charge is -2.23. The lowest BCUT2D eigenvalue weighted by Crippen LogP contribution is -2.30. The van der Waals surface area contributed by atoms with Crippen molar-refractivity contribution >= 4 is 30.7 Å². The maximum Gasteiger partial charge on any atom is 0.274 e. The van der Waals surface area contributed by atoms with Crippen molar-refractivity contribution in [1.29, 1.82) is 0 Å². The zero-order valence-electron chi connectivity index (χ0n) is 17.4. The lowest BCUT2D eigenvalue weighted by atomic mass is 10.1. The van der Waals surface area contributed by atoms with Gasteiger partial charge in [0.05, 0.1) is 11.7 Å². The average molecular weight is 443 g/mol. The Morgan fingerprint density at radius 2 is 1.97 bits per heavy atom. The molecule has 9 heteroatoms. The maximum absolute atomic E-state index is 12.6. The number of carbonyl (C=O) groups is 1. The molecule has 0 spiro atoms. The van der Waals surface area contributed by atoms with Crippen LogP contribution in [0.15, 0.2) is 24.3 Å². The fourth-order valence-corrected chi connectivity index (χ4v) is 3.48. The van der Waals surface area contributed by atoms with E-state index >= 15 is 0 Å². The first kappa shape index (κ1) is 25.4. The normalized spacial score (nSPS) is 14.2. The van der Waals surface area contributed by atoms with Crippen LogP contribution >= 0.6 is 24.8 Å². The third-order valence-corrected chi connectivity index (χ3v) is 5.23. The van der Waals surface area contributed by atoms with Crippen LogP contribution in [-0.2, 0) is 13.1 Å². The van der Waals surface area contributed by atoms with Crippen molar-refractivity contribution in [2.24, 2.45) is 0 Å². The van der Waals surface area contributed by atoms with Crippen molar-refractivity contribution < 1.29 is 4.79 Å². The molecule has 1 fully saturated rings. The summed E-state index contributed by atoms with van der Waals surface area (Å²) in [7, 11) is 2.10. The van der Waals surface area contributed by atoms with Crippen LogP contribution in [0.1, 0.15) is 53.1 Å². The van der Waals surface area contributed by atoms with Crippen molar-refractivity contribution in [3.8, 4) is 0 Å².